The Kier molecular flexibility index (Phi) is 3.60. The first-order chi connectivity index (χ1) is 10.1. The first kappa shape index (κ1) is 13.6. The highest BCUT2D eigenvalue weighted by atomic mass is 19.1. The van der Waals surface area contributed by atoms with Gasteiger partial charge in [-0.2, -0.15) is 0 Å². The molecule has 21 heavy (non-hydrogen) atoms. The van der Waals surface area contributed by atoms with Crippen LogP contribution in [0.15, 0.2) is 30.7 Å². The molecule has 1 aliphatic carbocycles. The molecule has 0 unspecified atom stereocenters. The van der Waals surface area contributed by atoms with Crippen LogP contribution in [0.2, 0.25) is 0 Å². The fourth-order valence-electron chi connectivity index (χ4n) is 2.22. The lowest BCUT2D eigenvalue weighted by molar-refractivity contribution is 0.0925. The molecule has 3 rings (SSSR count). The molecule has 2 heterocycles. The van der Waals surface area contributed by atoms with E-state index in [1.165, 1.54) is 12.3 Å². The van der Waals surface area contributed by atoms with Crippen molar-refractivity contribution in [2.45, 2.75) is 25.8 Å². The van der Waals surface area contributed by atoms with Crippen LogP contribution in [0.3, 0.4) is 0 Å². The Bertz CT molecular complexity index is 672. The van der Waals surface area contributed by atoms with E-state index >= 15 is 0 Å². The summed E-state index contributed by atoms with van der Waals surface area (Å²) in [5.41, 5.74) is 0.832. The van der Waals surface area contributed by atoms with Crippen LogP contribution >= 0.6 is 0 Å². The van der Waals surface area contributed by atoms with Crippen LogP contribution < -0.4 is 5.32 Å². The molecule has 1 N–H and O–H groups in total. The third-order valence-electron chi connectivity index (χ3n) is 3.49. The quantitative estimate of drug-likeness (QED) is 0.935. The lowest BCUT2D eigenvalue weighted by atomic mass is 10.1. The minimum absolute atomic E-state index is 0.0108. The molecule has 0 saturated heterocycles. The van der Waals surface area contributed by atoms with Crippen molar-refractivity contribution in [2.75, 3.05) is 0 Å². The molecule has 2 aromatic rings. The Morgan fingerprint density at radius 1 is 1.38 bits per heavy atom. The zero-order valence-corrected chi connectivity index (χ0v) is 11.6. The summed E-state index contributed by atoms with van der Waals surface area (Å²) in [5.74, 6) is -0.187. The molecule has 2 aromatic heterocycles. The van der Waals surface area contributed by atoms with E-state index in [4.69, 9.17) is 0 Å². The highest BCUT2D eigenvalue weighted by molar-refractivity contribution is 5.94. The molecule has 1 aliphatic rings. The predicted molar refractivity (Wildman–Crippen MR) is 73.9 cm³/mol. The van der Waals surface area contributed by atoms with Crippen molar-refractivity contribution in [3.8, 4) is 0 Å². The van der Waals surface area contributed by atoms with E-state index in [0.717, 1.165) is 24.7 Å². The summed E-state index contributed by atoms with van der Waals surface area (Å²) in [6, 6.07) is 2.90. The van der Waals surface area contributed by atoms with E-state index in [2.05, 4.69) is 20.3 Å². The fourth-order valence-corrected chi connectivity index (χ4v) is 2.22. The molecule has 1 atom stereocenters. The van der Waals surface area contributed by atoms with Gasteiger partial charge in [-0.05, 0) is 37.8 Å². The molecular weight excluding hydrogens is 271 g/mol. The number of carbonyl (C=O) groups excluding carboxylic acids is 1. The van der Waals surface area contributed by atoms with Gasteiger partial charge in [-0.1, -0.05) is 0 Å². The zero-order valence-electron chi connectivity index (χ0n) is 11.6. The predicted octanol–water partition coefficient (Wildman–Crippen LogP) is 2.20. The van der Waals surface area contributed by atoms with E-state index in [-0.39, 0.29) is 11.6 Å². The van der Waals surface area contributed by atoms with Crippen LogP contribution in [-0.4, -0.2) is 20.9 Å². The van der Waals surface area contributed by atoms with Crippen molar-refractivity contribution in [1.82, 2.24) is 20.3 Å². The Hall–Kier alpha value is -2.37. The summed E-state index contributed by atoms with van der Waals surface area (Å²) in [7, 11) is 0. The number of pyridine rings is 1. The van der Waals surface area contributed by atoms with Gasteiger partial charge in [-0.15, -0.1) is 0 Å². The van der Waals surface area contributed by atoms with Crippen molar-refractivity contribution in [2.24, 2.45) is 5.92 Å². The van der Waals surface area contributed by atoms with Crippen LogP contribution in [0.4, 0.5) is 4.39 Å². The Balaban J connectivity index is 1.83. The van der Waals surface area contributed by atoms with Gasteiger partial charge >= 0.3 is 0 Å². The van der Waals surface area contributed by atoms with E-state index in [1.54, 1.807) is 12.3 Å². The Labute approximate surface area is 121 Å². The molecule has 0 radical (unpaired) electrons. The zero-order chi connectivity index (χ0) is 14.8. The number of amides is 1. The number of halogens is 1. The Morgan fingerprint density at radius 2 is 2.19 bits per heavy atom. The minimum atomic E-state index is -0.630. The lowest BCUT2D eigenvalue weighted by Gasteiger charge is -2.17. The number of nitrogens with zero attached hydrogens (tertiary/aromatic N) is 3. The maximum absolute atomic E-state index is 13.6. The first-order valence-corrected chi connectivity index (χ1v) is 6.85. The number of hydrogen-bond donors (Lipinski definition) is 1. The van der Waals surface area contributed by atoms with Gasteiger partial charge in [-0.25, -0.2) is 14.4 Å². The first-order valence-electron chi connectivity index (χ1n) is 6.85. The summed E-state index contributed by atoms with van der Waals surface area (Å²) in [5, 5.41) is 2.85. The summed E-state index contributed by atoms with van der Waals surface area (Å²) >= 11 is 0. The standard InChI is InChI=1S/C15H15FN4O/c1-9-4-7-18-14(19-9)13(10-2-3-10)20-15(21)11-5-6-17-8-12(11)16/h4-8,10,13H,2-3H2,1H3,(H,20,21)/t13-/m1/s1. The average Bonchev–Trinajstić information content (AvgIpc) is 3.29. The second-order valence-electron chi connectivity index (χ2n) is 5.20. The maximum Gasteiger partial charge on any atom is 0.254 e. The van der Waals surface area contributed by atoms with E-state index < -0.39 is 11.7 Å². The van der Waals surface area contributed by atoms with Crippen LogP contribution in [-0.2, 0) is 0 Å². The normalized spacial score (nSPS) is 15.5. The highest BCUT2D eigenvalue weighted by Gasteiger charge is 2.35. The van der Waals surface area contributed by atoms with Gasteiger partial charge in [0.1, 0.15) is 0 Å². The van der Waals surface area contributed by atoms with Crippen LogP contribution in [0, 0.1) is 18.7 Å². The fraction of sp³-hybridized carbons (Fsp3) is 0.333. The molecule has 0 aliphatic heterocycles. The van der Waals surface area contributed by atoms with Crippen LogP contribution in [0.5, 0.6) is 0 Å². The van der Waals surface area contributed by atoms with Gasteiger partial charge in [0.05, 0.1) is 17.8 Å². The monoisotopic (exact) mass is 286 g/mol. The number of carbonyl (C=O) groups is 1. The third kappa shape index (κ3) is 3.04. The van der Waals surface area contributed by atoms with Crippen molar-refractivity contribution in [3.63, 3.8) is 0 Å². The summed E-state index contributed by atoms with van der Waals surface area (Å²) in [6.45, 7) is 1.87. The number of aromatic nitrogens is 3. The van der Waals surface area contributed by atoms with E-state index in [1.807, 2.05) is 6.92 Å². The minimum Gasteiger partial charge on any atom is -0.342 e. The van der Waals surface area contributed by atoms with Crippen molar-refractivity contribution >= 4 is 5.91 Å². The number of aryl methyl sites for hydroxylation is 1. The van der Waals surface area contributed by atoms with Crippen LogP contribution in [0.1, 0.15) is 40.8 Å². The maximum atomic E-state index is 13.6. The van der Waals surface area contributed by atoms with Crippen molar-refractivity contribution in [3.05, 3.63) is 53.6 Å². The van der Waals surface area contributed by atoms with Gasteiger partial charge < -0.3 is 5.32 Å². The number of nitrogens with one attached hydrogen (secondary N) is 1. The smallest absolute Gasteiger partial charge is 0.254 e. The molecule has 1 amide bonds. The van der Waals surface area contributed by atoms with Gasteiger partial charge in [0.2, 0.25) is 0 Å². The van der Waals surface area contributed by atoms with Crippen LogP contribution in [0.25, 0.3) is 0 Å². The topological polar surface area (TPSA) is 67.8 Å². The molecule has 1 saturated carbocycles. The molecule has 0 aromatic carbocycles. The SMILES string of the molecule is Cc1ccnc([C@H](NC(=O)c2ccncc2F)C2CC2)n1. The number of rotatable bonds is 4. The Morgan fingerprint density at radius 3 is 2.86 bits per heavy atom. The molecule has 5 nitrogen and oxygen atoms in total. The van der Waals surface area contributed by atoms with Crippen molar-refractivity contribution < 1.29 is 9.18 Å². The van der Waals surface area contributed by atoms with Crippen molar-refractivity contribution in [1.29, 1.82) is 0 Å². The third-order valence-corrected chi connectivity index (χ3v) is 3.49. The molecule has 6 heteroatoms. The van der Waals surface area contributed by atoms with Gasteiger partial charge in [-0.3, -0.25) is 9.78 Å². The molecular formula is C15H15FN4O. The van der Waals surface area contributed by atoms with Gasteiger partial charge in [0.15, 0.2) is 11.6 Å². The summed E-state index contributed by atoms with van der Waals surface area (Å²) in [6.07, 6.45) is 6.13. The lowest BCUT2D eigenvalue weighted by Crippen LogP contribution is -2.31. The molecule has 108 valence electrons. The highest BCUT2D eigenvalue weighted by Crippen LogP contribution is 2.40. The molecule has 1 fully saturated rings. The van der Waals surface area contributed by atoms with Gasteiger partial charge in [0, 0.05) is 18.1 Å². The number of hydrogen-bond acceptors (Lipinski definition) is 4. The van der Waals surface area contributed by atoms with Gasteiger partial charge in [0.25, 0.3) is 5.91 Å². The second-order valence-corrected chi connectivity index (χ2v) is 5.20. The van der Waals surface area contributed by atoms with E-state index in [0.29, 0.717) is 11.7 Å². The summed E-state index contributed by atoms with van der Waals surface area (Å²) < 4.78 is 13.6. The van der Waals surface area contributed by atoms with E-state index in [9.17, 15) is 9.18 Å². The largest absolute Gasteiger partial charge is 0.342 e. The average molecular weight is 286 g/mol. The molecule has 0 bridgehead atoms. The summed E-state index contributed by atoms with van der Waals surface area (Å²) in [4.78, 5) is 24.5. The second kappa shape index (κ2) is 5.55. The molecule has 0 spiro atoms.